The minimum absolute atomic E-state index is 0.109. The van der Waals surface area contributed by atoms with Crippen LogP contribution in [0.25, 0.3) is 0 Å². The number of aliphatic hydroxyl groups excluding tert-OH is 1. The lowest BCUT2D eigenvalue weighted by Gasteiger charge is -2.10. The number of aliphatic hydroxyl groups is 1. The fraction of sp³-hybridized carbons (Fsp3) is 0.0833. The lowest BCUT2D eigenvalue weighted by Crippen LogP contribution is -2.03. The Morgan fingerprint density at radius 1 is 1.12 bits per heavy atom. The lowest BCUT2D eigenvalue weighted by molar-refractivity contribution is 0.214. The second-order valence-corrected chi connectivity index (χ2v) is 3.94. The Morgan fingerprint density at radius 3 is 2.29 bits per heavy atom. The van der Waals surface area contributed by atoms with Crippen LogP contribution in [0.4, 0.5) is 8.78 Å². The summed E-state index contributed by atoms with van der Waals surface area (Å²) in [6.07, 6.45) is 0.174. The molecule has 2 nitrogen and oxygen atoms in total. The number of rotatable bonds is 2. The molecule has 0 fully saturated rings. The first kappa shape index (κ1) is 12.0. The maximum absolute atomic E-state index is 13.0. The van der Waals surface area contributed by atoms with Crippen molar-refractivity contribution in [3.8, 4) is 0 Å². The molecule has 5 heteroatoms. The Morgan fingerprint density at radius 2 is 1.76 bits per heavy atom. The van der Waals surface area contributed by atoms with Gasteiger partial charge in [0.25, 0.3) is 0 Å². The largest absolute Gasteiger partial charge is 0.382 e. The molecule has 0 aliphatic heterocycles. The molecule has 17 heavy (non-hydrogen) atoms. The van der Waals surface area contributed by atoms with Gasteiger partial charge in [-0.25, -0.2) is 8.78 Å². The highest BCUT2D eigenvalue weighted by Gasteiger charge is 2.13. The molecule has 2 aromatic rings. The molecule has 0 saturated heterocycles. The van der Waals surface area contributed by atoms with Crippen molar-refractivity contribution in [2.24, 2.45) is 0 Å². The smallest absolute Gasteiger partial charge is 0.126 e. The van der Waals surface area contributed by atoms with E-state index in [-0.39, 0.29) is 11.3 Å². The number of hydrogen-bond acceptors (Lipinski definition) is 2. The van der Waals surface area contributed by atoms with Crippen molar-refractivity contribution in [2.45, 2.75) is 6.10 Å². The summed E-state index contributed by atoms with van der Waals surface area (Å²) < 4.78 is 26.0. The van der Waals surface area contributed by atoms with Crippen molar-refractivity contribution < 1.29 is 13.9 Å². The van der Waals surface area contributed by atoms with E-state index in [0.29, 0.717) is 5.02 Å². The van der Waals surface area contributed by atoms with Crippen molar-refractivity contribution in [3.05, 3.63) is 64.4 Å². The first-order valence-electron chi connectivity index (χ1n) is 4.82. The third kappa shape index (κ3) is 2.78. The van der Waals surface area contributed by atoms with Gasteiger partial charge >= 0.3 is 0 Å². The predicted molar refractivity (Wildman–Crippen MR) is 59.7 cm³/mol. The summed E-state index contributed by atoms with van der Waals surface area (Å²) in [5.74, 6) is -1.49. The van der Waals surface area contributed by atoms with Crippen LogP contribution in [0.2, 0.25) is 5.02 Å². The van der Waals surface area contributed by atoms with E-state index in [1.165, 1.54) is 12.3 Å². The molecule has 1 aromatic carbocycles. The number of benzene rings is 1. The summed E-state index contributed by atoms with van der Waals surface area (Å²) in [6, 6.07) is 5.90. The van der Waals surface area contributed by atoms with E-state index in [1.807, 2.05) is 0 Å². The third-order valence-electron chi connectivity index (χ3n) is 2.23. The quantitative estimate of drug-likeness (QED) is 0.895. The first-order valence-corrected chi connectivity index (χ1v) is 5.19. The molecular formula is C12H8ClF2NO. The Kier molecular flexibility index (Phi) is 3.36. The zero-order chi connectivity index (χ0) is 12.4. The van der Waals surface area contributed by atoms with Crippen LogP contribution in [0.1, 0.15) is 17.4 Å². The molecule has 1 unspecified atom stereocenters. The predicted octanol–water partition coefficient (Wildman–Crippen LogP) is 3.09. The van der Waals surface area contributed by atoms with Gasteiger partial charge in [-0.15, -0.1) is 0 Å². The normalized spacial score (nSPS) is 12.5. The fourth-order valence-corrected chi connectivity index (χ4v) is 1.56. The van der Waals surface area contributed by atoms with Crippen LogP contribution in [0.5, 0.6) is 0 Å². The average molecular weight is 256 g/mol. The van der Waals surface area contributed by atoms with Crippen molar-refractivity contribution >= 4 is 11.6 Å². The molecule has 0 aliphatic carbocycles. The molecule has 2 rings (SSSR count). The minimum Gasteiger partial charge on any atom is -0.382 e. The van der Waals surface area contributed by atoms with Gasteiger partial charge in [0.2, 0.25) is 0 Å². The second kappa shape index (κ2) is 4.77. The van der Waals surface area contributed by atoms with Crippen molar-refractivity contribution in [1.82, 2.24) is 4.98 Å². The van der Waals surface area contributed by atoms with Crippen LogP contribution in [0.15, 0.2) is 36.5 Å². The molecule has 1 aromatic heterocycles. The second-order valence-electron chi connectivity index (χ2n) is 3.51. The summed E-state index contributed by atoms with van der Waals surface area (Å²) in [7, 11) is 0. The van der Waals surface area contributed by atoms with Crippen LogP contribution in [0, 0.1) is 11.6 Å². The van der Waals surface area contributed by atoms with Gasteiger partial charge in [-0.1, -0.05) is 11.6 Å². The van der Waals surface area contributed by atoms with Crippen LogP contribution < -0.4 is 0 Å². The topological polar surface area (TPSA) is 33.1 Å². The summed E-state index contributed by atoms with van der Waals surface area (Å²) in [6.45, 7) is 0. The molecule has 1 atom stereocenters. The van der Waals surface area contributed by atoms with E-state index >= 15 is 0 Å². The lowest BCUT2D eigenvalue weighted by atomic mass is 10.1. The molecule has 1 N–H and O–H groups in total. The van der Waals surface area contributed by atoms with Crippen molar-refractivity contribution in [1.29, 1.82) is 0 Å². The van der Waals surface area contributed by atoms with E-state index in [9.17, 15) is 13.9 Å². The molecule has 0 amide bonds. The van der Waals surface area contributed by atoms with Crippen LogP contribution in [-0.2, 0) is 0 Å². The molecule has 0 bridgehead atoms. The van der Waals surface area contributed by atoms with E-state index in [1.54, 1.807) is 6.07 Å². The number of aromatic nitrogens is 1. The first-order chi connectivity index (χ1) is 8.06. The zero-order valence-electron chi connectivity index (χ0n) is 8.57. The van der Waals surface area contributed by atoms with E-state index in [2.05, 4.69) is 4.98 Å². The van der Waals surface area contributed by atoms with Crippen LogP contribution in [0.3, 0.4) is 0 Å². The maximum atomic E-state index is 13.0. The van der Waals surface area contributed by atoms with Gasteiger partial charge in [0, 0.05) is 12.3 Å². The highest BCUT2D eigenvalue weighted by molar-refractivity contribution is 6.30. The van der Waals surface area contributed by atoms with Gasteiger partial charge in [0.05, 0.1) is 10.7 Å². The Bertz CT molecular complexity index is 510. The number of nitrogens with zero attached hydrogens (tertiary/aromatic N) is 1. The molecule has 88 valence electrons. The summed E-state index contributed by atoms with van der Waals surface area (Å²) in [4.78, 5) is 3.89. The average Bonchev–Trinajstić information content (AvgIpc) is 2.28. The Hall–Kier alpha value is -1.52. The molecular weight excluding hydrogens is 248 g/mol. The minimum atomic E-state index is -1.18. The van der Waals surface area contributed by atoms with Gasteiger partial charge in [-0.3, -0.25) is 4.98 Å². The van der Waals surface area contributed by atoms with Gasteiger partial charge in [-0.05, 0) is 29.8 Å². The standard InChI is InChI=1S/C12H8ClF2NO/c13-8-1-2-11(16-6-8)12(17)7-3-9(14)5-10(15)4-7/h1-6,12,17H. The van der Waals surface area contributed by atoms with Gasteiger partial charge in [-0.2, -0.15) is 0 Å². The zero-order valence-corrected chi connectivity index (χ0v) is 9.33. The van der Waals surface area contributed by atoms with Gasteiger partial charge in [0.15, 0.2) is 0 Å². The number of halogens is 3. The summed E-state index contributed by atoms with van der Waals surface area (Å²) in [5, 5.41) is 10.3. The molecule has 0 saturated carbocycles. The fourth-order valence-electron chi connectivity index (χ4n) is 1.45. The third-order valence-corrected chi connectivity index (χ3v) is 2.45. The summed E-state index contributed by atoms with van der Waals surface area (Å²) in [5.41, 5.74) is 0.386. The van der Waals surface area contributed by atoms with Crippen LogP contribution >= 0.6 is 11.6 Å². The molecule has 0 radical (unpaired) electrons. The molecule has 1 heterocycles. The Balaban J connectivity index is 2.36. The van der Waals surface area contributed by atoms with Crippen molar-refractivity contribution in [2.75, 3.05) is 0 Å². The highest BCUT2D eigenvalue weighted by Crippen LogP contribution is 2.22. The SMILES string of the molecule is OC(c1cc(F)cc(F)c1)c1ccc(Cl)cn1. The summed E-state index contributed by atoms with van der Waals surface area (Å²) >= 11 is 5.65. The monoisotopic (exact) mass is 255 g/mol. The molecule has 0 spiro atoms. The maximum Gasteiger partial charge on any atom is 0.126 e. The Labute approximate surface area is 102 Å². The van der Waals surface area contributed by atoms with E-state index < -0.39 is 17.7 Å². The van der Waals surface area contributed by atoms with E-state index in [0.717, 1.165) is 18.2 Å². The number of pyridine rings is 1. The highest BCUT2D eigenvalue weighted by atomic mass is 35.5. The number of hydrogen-bond donors (Lipinski definition) is 1. The van der Waals surface area contributed by atoms with Gasteiger partial charge in [0.1, 0.15) is 17.7 Å². The van der Waals surface area contributed by atoms with E-state index in [4.69, 9.17) is 11.6 Å². The van der Waals surface area contributed by atoms with Gasteiger partial charge < -0.3 is 5.11 Å². The van der Waals surface area contributed by atoms with Crippen molar-refractivity contribution in [3.63, 3.8) is 0 Å². The van der Waals surface area contributed by atoms with Crippen LogP contribution in [-0.4, -0.2) is 10.1 Å². The molecule has 0 aliphatic rings.